The maximum atomic E-state index is 12.4. The molecule has 0 aromatic rings. The van der Waals surface area contributed by atoms with Gasteiger partial charge in [-0.25, -0.2) is 9.59 Å². The Kier molecular flexibility index (Phi) is 5.29. The van der Waals surface area contributed by atoms with Gasteiger partial charge >= 0.3 is 11.9 Å². The molecular weight excluding hydrogens is 352 g/mol. The molecule has 1 aliphatic heterocycles. The van der Waals surface area contributed by atoms with Gasteiger partial charge in [0.1, 0.15) is 12.2 Å². The van der Waals surface area contributed by atoms with E-state index in [2.05, 4.69) is 12.7 Å². The minimum atomic E-state index is -1.14. The highest BCUT2D eigenvalue weighted by molar-refractivity contribution is 5.92. The molecule has 0 unspecified atom stereocenters. The molecule has 3 rings (SSSR count). The molecule has 3 N–H and O–H groups in total. The smallest absolute Gasteiger partial charge is 0.336 e. The van der Waals surface area contributed by atoms with Crippen LogP contribution in [0.1, 0.15) is 26.7 Å². The Morgan fingerprint density at radius 2 is 2.15 bits per heavy atom. The third-order valence-corrected chi connectivity index (χ3v) is 6.11. The Bertz CT molecular complexity index is 718. The molecule has 27 heavy (non-hydrogen) atoms. The molecule has 7 nitrogen and oxygen atoms in total. The van der Waals surface area contributed by atoms with Crippen LogP contribution >= 0.6 is 0 Å². The number of fused-ring (bicyclic) bond motifs is 3. The zero-order chi connectivity index (χ0) is 19.9. The predicted octanol–water partition coefficient (Wildman–Crippen LogP) is 0.644. The zero-order valence-corrected chi connectivity index (χ0v) is 15.6. The summed E-state index contributed by atoms with van der Waals surface area (Å²) >= 11 is 0. The summed E-state index contributed by atoms with van der Waals surface area (Å²) in [5.74, 6) is -2.20. The summed E-state index contributed by atoms with van der Waals surface area (Å²) in [6.07, 6.45) is 2.61. The van der Waals surface area contributed by atoms with Gasteiger partial charge < -0.3 is 24.8 Å². The average Bonchev–Trinajstić information content (AvgIpc) is 3.09. The highest BCUT2D eigenvalue weighted by Gasteiger charge is 2.58. The predicted molar refractivity (Wildman–Crippen MR) is 95.2 cm³/mol. The lowest BCUT2D eigenvalue weighted by atomic mass is 9.76. The quantitative estimate of drug-likeness (QED) is 0.374. The van der Waals surface area contributed by atoms with Gasteiger partial charge in [0.2, 0.25) is 0 Å². The summed E-state index contributed by atoms with van der Waals surface area (Å²) in [5.41, 5.74) is 0.0534. The summed E-state index contributed by atoms with van der Waals surface area (Å²) in [6.45, 7) is 6.50. The molecule has 0 spiro atoms. The number of carbonyl (C=O) groups is 2. The van der Waals surface area contributed by atoms with Crippen molar-refractivity contribution >= 4 is 11.9 Å². The van der Waals surface area contributed by atoms with Gasteiger partial charge in [-0.15, -0.1) is 0 Å². The topological polar surface area (TPSA) is 113 Å². The Labute approximate surface area is 158 Å². The summed E-state index contributed by atoms with van der Waals surface area (Å²) < 4.78 is 11.2. The van der Waals surface area contributed by atoms with Crippen molar-refractivity contribution in [2.45, 2.75) is 44.5 Å². The number of aliphatic hydroxyl groups is 3. The Morgan fingerprint density at radius 1 is 1.44 bits per heavy atom. The fourth-order valence-corrected chi connectivity index (χ4v) is 4.72. The molecule has 0 amide bonds. The van der Waals surface area contributed by atoms with Gasteiger partial charge in [0.25, 0.3) is 0 Å². The van der Waals surface area contributed by atoms with Crippen LogP contribution in [0.4, 0.5) is 0 Å². The van der Waals surface area contributed by atoms with Crippen LogP contribution < -0.4 is 0 Å². The molecule has 6 atom stereocenters. The van der Waals surface area contributed by atoms with E-state index < -0.39 is 48.9 Å². The minimum absolute atomic E-state index is 0.0786. The molecule has 0 aromatic heterocycles. The van der Waals surface area contributed by atoms with Gasteiger partial charge in [-0.2, -0.15) is 0 Å². The summed E-state index contributed by atoms with van der Waals surface area (Å²) in [6, 6.07) is 0. The number of allylic oxidation sites excluding steroid dienone is 1. The molecule has 2 aliphatic carbocycles. The molecule has 0 bridgehead atoms. The lowest BCUT2D eigenvalue weighted by Crippen LogP contribution is -2.40. The van der Waals surface area contributed by atoms with Gasteiger partial charge in [-0.1, -0.05) is 18.2 Å². The maximum Gasteiger partial charge on any atom is 0.336 e. The number of hydrogen-bond donors (Lipinski definition) is 3. The van der Waals surface area contributed by atoms with Crippen molar-refractivity contribution in [3.8, 4) is 0 Å². The van der Waals surface area contributed by atoms with E-state index in [1.165, 1.54) is 6.08 Å². The standard InChI is InChI=1S/C20H26O7/c1-10-4-5-13-15(10)17-16(11(2)18(23)27-17)14(8-20(13,3)25)26-19(24)12(9-22)6-7-21/h4,6,13-17,21-22,25H,2,5,7-9H2,1,3H3/b12-6+/t13-,14-,15+,16-,17-,20-/m1/s1. The molecule has 1 saturated heterocycles. The van der Waals surface area contributed by atoms with Crippen molar-refractivity contribution in [2.24, 2.45) is 17.8 Å². The second-order valence-electron chi connectivity index (χ2n) is 7.81. The molecule has 3 aliphatic rings. The monoisotopic (exact) mass is 378 g/mol. The molecule has 0 radical (unpaired) electrons. The van der Waals surface area contributed by atoms with Crippen LogP contribution in [0.25, 0.3) is 0 Å². The lowest BCUT2D eigenvalue weighted by Gasteiger charge is -2.34. The third kappa shape index (κ3) is 3.35. The number of esters is 2. The SMILES string of the molecule is C=C1C(=O)O[C@@H]2[C@H]3C(C)=CC[C@H]3[C@](C)(O)C[C@@H](OC(=O)/C(=C/CO)CO)[C@@H]12. The number of hydrogen-bond acceptors (Lipinski definition) is 7. The van der Waals surface area contributed by atoms with Gasteiger partial charge in [0, 0.05) is 23.8 Å². The highest BCUT2D eigenvalue weighted by atomic mass is 16.6. The number of aliphatic hydroxyl groups excluding tert-OH is 2. The van der Waals surface area contributed by atoms with E-state index >= 15 is 0 Å². The molecule has 2 fully saturated rings. The van der Waals surface area contributed by atoms with Crippen molar-refractivity contribution in [3.63, 3.8) is 0 Å². The summed E-state index contributed by atoms with van der Waals surface area (Å²) in [5, 5.41) is 29.5. The van der Waals surface area contributed by atoms with Crippen molar-refractivity contribution in [1.82, 2.24) is 0 Å². The fourth-order valence-electron chi connectivity index (χ4n) is 4.72. The summed E-state index contributed by atoms with van der Waals surface area (Å²) in [4.78, 5) is 24.6. The Morgan fingerprint density at radius 3 is 2.78 bits per heavy atom. The van der Waals surface area contributed by atoms with Crippen LogP contribution in [-0.4, -0.2) is 58.3 Å². The zero-order valence-electron chi connectivity index (χ0n) is 15.6. The van der Waals surface area contributed by atoms with E-state index in [1.54, 1.807) is 6.92 Å². The molecule has 1 heterocycles. The first-order valence-electron chi connectivity index (χ1n) is 9.11. The van der Waals surface area contributed by atoms with E-state index in [-0.39, 0.29) is 29.4 Å². The largest absolute Gasteiger partial charge is 0.458 e. The molecular formula is C20H26O7. The van der Waals surface area contributed by atoms with E-state index in [9.17, 15) is 19.8 Å². The minimum Gasteiger partial charge on any atom is -0.458 e. The van der Waals surface area contributed by atoms with E-state index in [1.807, 2.05) is 6.92 Å². The second-order valence-corrected chi connectivity index (χ2v) is 7.81. The highest BCUT2D eigenvalue weighted by Crippen LogP contribution is 2.52. The van der Waals surface area contributed by atoms with E-state index in [0.29, 0.717) is 6.42 Å². The Balaban J connectivity index is 1.97. The second kappa shape index (κ2) is 7.22. The van der Waals surface area contributed by atoms with Crippen molar-refractivity contribution in [2.75, 3.05) is 13.2 Å². The lowest BCUT2D eigenvalue weighted by molar-refractivity contribution is -0.150. The average molecular weight is 378 g/mol. The van der Waals surface area contributed by atoms with Crippen LogP contribution in [0.2, 0.25) is 0 Å². The molecule has 7 heteroatoms. The fraction of sp³-hybridized carbons (Fsp3) is 0.600. The summed E-state index contributed by atoms with van der Waals surface area (Å²) in [7, 11) is 0. The van der Waals surface area contributed by atoms with E-state index in [4.69, 9.17) is 14.6 Å². The van der Waals surface area contributed by atoms with Gasteiger partial charge in [-0.05, 0) is 26.3 Å². The van der Waals surface area contributed by atoms with Crippen LogP contribution in [0.3, 0.4) is 0 Å². The number of carbonyl (C=O) groups excluding carboxylic acids is 2. The van der Waals surface area contributed by atoms with Crippen LogP contribution in [0.5, 0.6) is 0 Å². The molecule has 148 valence electrons. The van der Waals surface area contributed by atoms with Gasteiger partial charge in [0.15, 0.2) is 0 Å². The Hall–Kier alpha value is -1.96. The van der Waals surface area contributed by atoms with Crippen LogP contribution in [0.15, 0.2) is 35.5 Å². The van der Waals surface area contributed by atoms with Crippen molar-refractivity contribution < 1.29 is 34.4 Å². The van der Waals surface area contributed by atoms with Gasteiger partial charge in [-0.3, -0.25) is 0 Å². The van der Waals surface area contributed by atoms with Crippen LogP contribution in [0, 0.1) is 17.8 Å². The first kappa shape index (κ1) is 19.8. The third-order valence-electron chi connectivity index (χ3n) is 6.11. The van der Waals surface area contributed by atoms with E-state index in [0.717, 1.165) is 5.57 Å². The van der Waals surface area contributed by atoms with Crippen molar-refractivity contribution in [3.05, 3.63) is 35.5 Å². The first-order chi connectivity index (χ1) is 12.7. The number of ether oxygens (including phenoxy) is 2. The normalized spacial score (nSPS) is 38.6. The first-order valence-corrected chi connectivity index (χ1v) is 9.11. The number of rotatable bonds is 4. The molecule has 0 aromatic carbocycles. The van der Waals surface area contributed by atoms with Crippen LogP contribution in [-0.2, 0) is 19.1 Å². The molecule has 1 saturated carbocycles. The van der Waals surface area contributed by atoms with Gasteiger partial charge in [0.05, 0.1) is 30.3 Å². The van der Waals surface area contributed by atoms with Crippen molar-refractivity contribution in [1.29, 1.82) is 0 Å². The maximum absolute atomic E-state index is 12.4.